The first-order valence-corrected chi connectivity index (χ1v) is 18.7. The van der Waals surface area contributed by atoms with Gasteiger partial charge in [-0.2, -0.15) is 0 Å². The fourth-order valence-electron chi connectivity index (χ4n) is 9.88. The first kappa shape index (κ1) is 33.2. The molecule has 12 heteroatoms. The third-order valence-corrected chi connectivity index (χ3v) is 12.2. The molecule has 2 N–H and O–H groups in total. The van der Waals surface area contributed by atoms with Crippen molar-refractivity contribution in [2.24, 2.45) is 11.8 Å². The Balaban J connectivity index is 1.09. The topological polar surface area (TPSA) is 93.8 Å². The van der Waals surface area contributed by atoms with Crippen molar-refractivity contribution in [3.63, 3.8) is 0 Å². The summed E-state index contributed by atoms with van der Waals surface area (Å²) in [4.78, 5) is 40.8. The highest BCUT2D eigenvalue weighted by Crippen LogP contribution is 2.48. The van der Waals surface area contributed by atoms with E-state index < -0.39 is 35.6 Å². The molecule has 0 bridgehead atoms. The van der Waals surface area contributed by atoms with E-state index >= 15 is 13.2 Å². The maximum absolute atomic E-state index is 16.0. The molecule has 0 spiro atoms. The van der Waals surface area contributed by atoms with Crippen LogP contribution in [0, 0.1) is 29.3 Å². The van der Waals surface area contributed by atoms with Gasteiger partial charge in [-0.25, -0.2) is 22.9 Å². The van der Waals surface area contributed by atoms with Gasteiger partial charge in [-0.3, -0.25) is 4.79 Å². The number of methoxy groups -OCH3 is 1. The van der Waals surface area contributed by atoms with Gasteiger partial charge in [-0.15, -0.1) is 0 Å². The summed E-state index contributed by atoms with van der Waals surface area (Å²) >= 11 is 0. The van der Waals surface area contributed by atoms with E-state index in [1.807, 2.05) is 9.80 Å². The molecule has 1 unspecified atom stereocenters. The maximum Gasteiger partial charge on any atom is 0.407 e. The molecule has 50 heavy (non-hydrogen) atoms. The Morgan fingerprint density at radius 1 is 0.860 bits per heavy atom. The number of hydrogen-bond acceptors (Lipinski definition) is 6. The van der Waals surface area contributed by atoms with Crippen LogP contribution in [0.1, 0.15) is 107 Å². The predicted octanol–water partition coefficient (Wildman–Crippen LogP) is 7.67. The Bertz CT molecular complexity index is 1730. The molecule has 9 nitrogen and oxygen atoms in total. The molecule has 1 aromatic heterocycles. The quantitative estimate of drug-likeness (QED) is 0.264. The molecule has 3 aliphatic heterocycles. The third kappa shape index (κ3) is 5.96. The number of aromatic nitrogens is 2. The van der Waals surface area contributed by atoms with Gasteiger partial charge >= 0.3 is 6.09 Å². The van der Waals surface area contributed by atoms with Crippen molar-refractivity contribution in [1.82, 2.24) is 20.2 Å². The summed E-state index contributed by atoms with van der Waals surface area (Å²) in [7, 11) is 1.31. The van der Waals surface area contributed by atoms with Gasteiger partial charge in [0.15, 0.2) is 11.6 Å². The Morgan fingerprint density at radius 3 is 2.36 bits per heavy atom. The Kier molecular flexibility index (Phi) is 9.05. The lowest BCUT2D eigenvalue weighted by Gasteiger charge is -2.34. The van der Waals surface area contributed by atoms with Gasteiger partial charge < -0.3 is 29.7 Å². The van der Waals surface area contributed by atoms with Crippen LogP contribution in [0.15, 0.2) is 24.3 Å². The molecule has 3 aromatic rings. The van der Waals surface area contributed by atoms with Crippen molar-refractivity contribution in [2.45, 2.75) is 108 Å². The number of imidazole rings is 1. The van der Waals surface area contributed by atoms with Crippen LogP contribution in [0.5, 0.6) is 0 Å². The molecule has 5 atom stereocenters. The van der Waals surface area contributed by atoms with E-state index in [4.69, 9.17) is 9.72 Å². The number of likely N-dealkylation sites (tertiary alicyclic amines) is 1. The molecular weight excluding hydrogens is 645 g/mol. The summed E-state index contributed by atoms with van der Waals surface area (Å²) < 4.78 is 51.8. The second kappa shape index (κ2) is 13.6. The standard InChI is InChI=1S/C38H47F3N6O3/c1-50-38(49)44-34(22-9-3-4-10-22)37(48)47-31-12-7-11-23(31)17-33(47)36-42-29-20-25(26(39)21-30(29)43-36)32-13-8-16-46(32)24-18-27(40)35(28(41)19-24)45-14-5-2-6-15-45/h18-23,31-34H,2-17H2,1H3,(H,42,43)(H,44,49)/t23-,31-,32+,33-,34?/m0/s1. The number of alkyl carbamates (subject to hydrolysis) is 1. The van der Waals surface area contributed by atoms with Crippen molar-refractivity contribution in [1.29, 1.82) is 0 Å². The van der Waals surface area contributed by atoms with E-state index in [9.17, 15) is 9.59 Å². The summed E-state index contributed by atoms with van der Waals surface area (Å²) in [5, 5.41) is 2.87. The van der Waals surface area contributed by atoms with Crippen LogP contribution >= 0.6 is 0 Å². The van der Waals surface area contributed by atoms with E-state index in [-0.39, 0.29) is 29.6 Å². The number of carbonyl (C=O) groups is 2. The van der Waals surface area contributed by atoms with Gasteiger partial charge in [0.1, 0.15) is 23.4 Å². The minimum atomic E-state index is -0.669. The van der Waals surface area contributed by atoms with E-state index in [2.05, 4.69) is 10.3 Å². The zero-order valence-electron chi connectivity index (χ0n) is 28.7. The normalized spacial score (nSPS) is 26.2. The summed E-state index contributed by atoms with van der Waals surface area (Å²) in [5.41, 5.74) is 2.01. The van der Waals surface area contributed by atoms with E-state index in [0.29, 0.717) is 60.1 Å². The Morgan fingerprint density at radius 2 is 1.62 bits per heavy atom. The number of ether oxygens (including phenoxy) is 1. The average molecular weight is 693 g/mol. The third-order valence-electron chi connectivity index (χ3n) is 12.2. The number of amides is 2. The number of hydrogen-bond donors (Lipinski definition) is 2. The average Bonchev–Trinajstić information content (AvgIpc) is 3.95. The van der Waals surface area contributed by atoms with E-state index in [1.54, 1.807) is 11.0 Å². The van der Waals surface area contributed by atoms with Gasteiger partial charge in [0, 0.05) is 36.9 Å². The summed E-state index contributed by atoms with van der Waals surface area (Å²) in [5.74, 6) is -0.677. The van der Waals surface area contributed by atoms with Gasteiger partial charge in [-0.1, -0.05) is 19.3 Å². The predicted molar refractivity (Wildman–Crippen MR) is 184 cm³/mol. The lowest BCUT2D eigenvalue weighted by molar-refractivity contribution is -0.138. The van der Waals surface area contributed by atoms with Crippen molar-refractivity contribution in [3.8, 4) is 0 Å². The summed E-state index contributed by atoms with van der Waals surface area (Å²) in [6.45, 7) is 1.82. The van der Waals surface area contributed by atoms with Crippen molar-refractivity contribution in [3.05, 3.63) is 53.1 Å². The molecular formula is C38H47F3N6O3. The number of nitrogens with zero attached hydrogens (tertiary/aromatic N) is 4. The summed E-state index contributed by atoms with van der Waals surface area (Å²) in [6.07, 6.45) is 11.2. The highest BCUT2D eigenvalue weighted by Gasteiger charge is 2.50. The second-order valence-electron chi connectivity index (χ2n) is 15.1. The number of carbonyl (C=O) groups excluding carboxylic acids is 2. The minimum Gasteiger partial charge on any atom is -0.453 e. The Labute approximate surface area is 290 Å². The lowest BCUT2D eigenvalue weighted by Crippen LogP contribution is -2.53. The number of aromatic amines is 1. The molecule has 2 saturated carbocycles. The molecule has 2 aromatic carbocycles. The first-order valence-electron chi connectivity index (χ1n) is 18.7. The number of fused-ring (bicyclic) bond motifs is 2. The highest BCUT2D eigenvalue weighted by atomic mass is 19.1. The fraction of sp³-hybridized carbons (Fsp3) is 0.605. The number of anilines is 2. The van der Waals surface area contributed by atoms with Crippen molar-refractivity contribution >= 4 is 34.4 Å². The Hall–Kier alpha value is -3.96. The molecule has 5 fully saturated rings. The smallest absolute Gasteiger partial charge is 0.407 e. The van der Waals surface area contributed by atoms with Crippen LogP contribution in [-0.2, 0) is 9.53 Å². The molecule has 5 aliphatic rings. The largest absolute Gasteiger partial charge is 0.453 e. The lowest BCUT2D eigenvalue weighted by atomic mass is 9.96. The zero-order chi connectivity index (χ0) is 34.5. The number of piperidine rings is 1. The SMILES string of the molecule is COC(=O)NC(C(=O)N1[C@H](c2nc3cc([C@H]4CCCN4c4cc(F)c(N5CCCCC5)c(F)c4)c(F)cc3[nH]2)C[C@@H]2CCC[C@@H]21)C1CCCC1. The van der Waals surface area contributed by atoms with E-state index in [1.165, 1.54) is 25.3 Å². The van der Waals surface area contributed by atoms with Gasteiger partial charge in [0.25, 0.3) is 0 Å². The molecule has 0 radical (unpaired) electrons. The molecule has 268 valence electrons. The van der Waals surface area contributed by atoms with Crippen LogP contribution in [0.25, 0.3) is 11.0 Å². The summed E-state index contributed by atoms with van der Waals surface area (Å²) in [6, 6.07) is 4.66. The van der Waals surface area contributed by atoms with Crippen molar-refractivity contribution in [2.75, 3.05) is 36.5 Å². The van der Waals surface area contributed by atoms with Gasteiger partial charge in [0.2, 0.25) is 5.91 Å². The number of rotatable bonds is 7. The van der Waals surface area contributed by atoms with Crippen LogP contribution in [0.2, 0.25) is 0 Å². The molecule has 3 saturated heterocycles. The highest BCUT2D eigenvalue weighted by molar-refractivity contribution is 5.87. The monoisotopic (exact) mass is 692 g/mol. The van der Waals surface area contributed by atoms with E-state index in [0.717, 1.165) is 77.0 Å². The fourth-order valence-corrected chi connectivity index (χ4v) is 9.88. The van der Waals surface area contributed by atoms with Crippen LogP contribution in [0.4, 0.5) is 29.3 Å². The number of halogens is 3. The first-order chi connectivity index (χ1) is 24.3. The van der Waals surface area contributed by atoms with Gasteiger partial charge in [0.05, 0.1) is 30.2 Å². The maximum atomic E-state index is 16.0. The minimum absolute atomic E-state index is 0.0278. The number of nitrogens with one attached hydrogen (secondary N) is 2. The van der Waals surface area contributed by atoms with Crippen molar-refractivity contribution < 1.29 is 27.5 Å². The van der Waals surface area contributed by atoms with Gasteiger partial charge in [-0.05, 0) is 100 Å². The second-order valence-corrected chi connectivity index (χ2v) is 15.1. The van der Waals surface area contributed by atoms with Crippen LogP contribution in [-0.4, -0.2) is 65.7 Å². The molecule has 8 rings (SSSR count). The molecule has 2 aliphatic carbocycles. The number of benzene rings is 2. The molecule has 4 heterocycles. The van der Waals surface area contributed by atoms with Crippen LogP contribution in [0.3, 0.4) is 0 Å². The molecule has 2 amide bonds. The zero-order valence-corrected chi connectivity index (χ0v) is 28.7. The number of H-pyrrole nitrogens is 1. The van der Waals surface area contributed by atoms with Crippen LogP contribution < -0.4 is 15.1 Å².